The first kappa shape index (κ1) is 20.8. The molecule has 31 heavy (non-hydrogen) atoms. The summed E-state index contributed by atoms with van der Waals surface area (Å²) in [5.74, 6) is 1.01. The molecule has 3 aromatic rings. The Kier molecular flexibility index (Phi) is 6.11. The predicted octanol–water partition coefficient (Wildman–Crippen LogP) is 2.78. The molecular weight excluding hydrogens is 396 g/mol. The zero-order valence-corrected chi connectivity index (χ0v) is 17.7. The zero-order valence-electron chi connectivity index (χ0n) is 17.7. The van der Waals surface area contributed by atoms with E-state index in [1.807, 2.05) is 6.92 Å². The number of benzene rings is 1. The van der Waals surface area contributed by atoms with Gasteiger partial charge in [-0.2, -0.15) is 4.98 Å². The molecule has 1 unspecified atom stereocenters. The molecule has 0 saturated carbocycles. The number of carbonyl (C=O) groups excluding carboxylic acids is 1. The van der Waals surface area contributed by atoms with E-state index in [1.54, 1.807) is 31.4 Å². The predicted molar refractivity (Wildman–Crippen MR) is 119 cm³/mol. The van der Waals surface area contributed by atoms with Crippen molar-refractivity contribution in [1.82, 2.24) is 19.5 Å². The van der Waals surface area contributed by atoms with Gasteiger partial charge >= 0.3 is 0 Å². The molecule has 4 rings (SSSR count). The molecule has 1 saturated heterocycles. The van der Waals surface area contributed by atoms with E-state index in [9.17, 15) is 9.59 Å². The number of amides is 1. The molecule has 1 aliphatic heterocycles. The fourth-order valence-corrected chi connectivity index (χ4v) is 3.80. The van der Waals surface area contributed by atoms with Crippen LogP contribution in [0.25, 0.3) is 11.0 Å². The SMILES string of the molecule is CCC(C(=O)Nc1ccc(OC)cc1)n1cnc2nc(N3CCCCC3)ncc2c1=O. The number of ether oxygens (including phenoxy) is 1. The van der Waals surface area contributed by atoms with Gasteiger partial charge in [0.25, 0.3) is 5.56 Å². The number of rotatable bonds is 6. The molecule has 1 fully saturated rings. The Balaban J connectivity index is 1.59. The highest BCUT2D eigenvalue weighted by Gasteiger charge is 2.22. The van der Waals surface area contributed by atoms with Crippen molar-refractivity contribution < 1.29 is 9.53 Å². The molecule has 1 atom stereocenters. The third kappa shape index (κ3) is 4.35. The Morgan fingerprint density at radius 3 is 2.58 bits per heavy atom. The van der Waals surface area contributed by atoms with Gasteiger partial charge in [0.2, 0.25) is 11.9 Å². The summed E-state index contributed by atoms with van der Waals surface area (Å²) in [6.45, 7) is 3.67. The number of nitrogens with one attached hydrogen (secondary N) is 1. The van der Waals surface area contributed by atoms with E-state index in [4.69, 9.17) is 4.74 Å². The molecule has 162 valence electrons. The normalized spacial score (nSPS) is 15.0. The molecule has 3 heterocycles. The van der Waals surface area contributed by atoms with Crippen LogP contribution in [0, 0.1) is 0 Å². The summed E-state index contributed by atoms with van der Waals surface area (Å²) in [7, 11) is 1.58. The minimum Gasteiger partial charge on any atom is -0.497 e. The highest BCUT2D eigenvalue weighted by Crippen LogP contribution is 2.19. The third-order valence-electron chi connectivity index (χ3n) is 5.55. The number of methoxy groups -OCH3 is 1. The average Bonchev–Trinajstić information content (AvgIpc) is 2.82. The lowest BCUT2D eigenvalue weighted by Crippen LogP contribution is -2.34. The van der Waals surface area contributed by atoms with Crippen LogP contribution in [0.15, 0.2) is 41.6 Å². The summed E-state index contributed by atoms with van der Waals surface area (Å²) in [4.78, 5) is 41.3. The summed E-state index contributed by atoms with van der Waals surface area (Å²) in [6, 6.07) is 6.32. The van der Waals surface area contributed by atoms with Gasteiger partial charge in [0.1, 0.15) is 23.5 Å². The number of piperidine rings is 1. The molecule has 0 aliphatic carbocycles. The minimum absolute atomic E-state index is 0.290. The summed E-state index contributed by atoms with van der Waals surface area (Å²) >= 11 is 0. The van der Waals surface area contributed by atoms with Crippen LogP contribution in [0.5, 0.6) is 5.75 Å². The standard InChI is InChI=1S/C22H26N6O3/c1-3-18(20(29)25-15-7-9-16(31-2)10-8-15)28-14-24-19-17(21(28)30)13-23-22(26-19)27-11-5-4-6-12-27/h7-10,13-14,18H,3-6,11-12H2,1-2H3,(H,25,29). The lowest BCUT2D eigenvalue weighted by Gasteiger charge is -2.26. The summed E-state index contributed by atoms with van der Waals surface area (Å²) in [5.41, 5.74) is 0.648. The van der Waals surface area contributed by atoms with Crippen molar-refractivity contribution in [3.63, 3.8) is 0 Å². The number of anilines is 2. The second kappa shape index (κ2) is 9.11. The molecule has 0 spiro atoms. The maximum atomic E-state index is 13.1. The quantitative estimate of drug-likeness (QED) is 0.652. The van der Waals surface area contributed by atoms with Crippen molar-refractivity contribution in [3.05, 3.63) is 47.1 Å². The summed E-state index contributed by atoms with van der Waals surface area (Å²) in [6.07, 6.45) is 6.78. The molecule has 1 aromatic carbocycles. The number of fused-ring (bicyclic) bond motifs is 1. The monoisotopic (exact) mass is 422 g/mol. The van der Waals surface area contributed by atoms with Crippen LogP contribution >= 0.6 is 0 Å². The molecule has 9 nitrogen and oxygen atoms in total. The summed E-state index contributed by atoms with van der Waals surface area (Å²) in [5, 5.41) is 3.15. The van der Waals surface area contributed by atoms with Crippen LogP contribution in [0.1, 0.15) is 38.6 Å². The van der Waals surface area contributed by atoms with Crippen LogP contribution in [0.4, 0.5) is 11.6 Å². The molecule has 1 amide bonds. The largest absolute Gasteiger partial charge is 0.497 e. The van der Waals surface area contributed by atoms with Crippen LogP contribution in [-0.2, 0) is 4.79 Å². The van der Waals surface area contributed by atoms with Crippen molar-refractivity contribution >= 4 is 28.6 Å². The van der Waals surface area contributed by atoms with Crippen LogP contribution in [-0.4, -0.2) is 45.6 Å². The second-order valence-electron chi connectivity index (χ2n) is 7.55. The van der Waals surface area contributed by atoms with E-state index in [0.29, 0.717) is 34.8 Å². The van der Waals surface area contributed by atoms with E-state index in [2.05, 4.69) is 25.2 Å². The van der Waals surface area contributed by atoms with E-state index in [1.165, 1.54) is 23.5 Å². The van der Waals surface area contributed by atoms with Gasteiger partial charge < -0.3 is 15.0 Å². The van der Waals surface area contributed by atoms with Crippen molar-refractivity contribution in [3.8, 4) is 5.75 Å². The first-order valence-corrected chi connectivity index (χ1v) is 10.5. The zero-order chi connectivity index (χ0) is 21.8. The van der Waals surface area contributed by atoms with Gasteiger partial charge in [-0.15, -0.1) is 0 Å². The van der Waals surface area contributed by atoms with Gasteiger partial charge in [-0.3, -0.25) is 14.2 Å². The van der Waals surface area contributed by atoms with Gasteiger partial charge in [0, 0.05) is 25.0 Å². The minimum atomic E-state index is -0.701. The number of hydrogen-bond donors (Lipinski definition) is 1. The fraction of sp³-hybridized carbons (Fsp3) is 0.409. The summed E-state index contributed by atoms with van der Waals surface area (Å²) < 4.78 is 6.49. The maximum Gasteiger partial charge on any atom is 0.265 e. The molecule has 2 aromatic heterocycles. The Bertz CT molecular complexity index is 1120. The van der Waals surface area contributed by atoms with Gasteiger partial charge in [-0.25, -0.2) is 9.97 Å². The van der Waals surface area contributed by atoms with Gasteiger partial charge in [-0.05, 0) is 49.9 Å². The van der Waals surface area contributed by atoms with Gasteiger partial charge in [0.15, 0.2) is 5.65 Å². The first-order chi connectivity index (χ1) is 15.1. The molecule has 1 aliphatic rings. The fourth-order valence-electron chi connectivity index (χ4n) is 3.80. The van der Waals surface area contributed by atoms with Crippen LogP contribution in [0.2, 0.25) is 0 Å². The van der Waals surface area contributed by atoms with Gasteiger partial charge in [-0.1, -0.05) is 6.92 Å². The number of hydrogen-bond acceptors (Lipinski definition) is 7. The van der Waals surface area contributed by atoms with Crippen molar-refractivity contribution in [2.45, 2.75) is 38.6 Å². The lowest BCUT2D eigenvalue weighted by molar-refractivity contribution is -0.119. The van der Waals surface area contributed by atoms with E-state index in [0.717, 1.165) is 25.9 Å². The Labute approximate surface area is 180 Å². The Hall–Kier alpha value is -3.49. The van der Waals surface area contributed by atoms with E-state index in [-0.39, 0.29) is 11.5 Å². The van der Waals surface area contributed by atoms with Crippen molar-refractivity contribution in [2.75, 3.05) is 30.4 Å². The van der Waals surface area contributed by atoms with Crippen molar-refractivity contribution in [1.29, 1.82) is 0 Å². The third-order valence-corrected chi connectivity index (χ3v) is 5.55. The molecule has 0 bridgehead atoms. The van der Waals surface area contributed by atoms with E-state index < -0.39 is 6.04 Å². The maximum absolute atomic E-state index is 13.1. The second-order valence-corrected chi connectivity index (χ2v) is 7.55. The van der Waals surface area contributed by atoms with E-state index >= 15 is 0 Å². The molecule has 1 N–H and O–H groups in total. The van der Waals surface area contributed by atoms with Gasteiger partial charge in [0.05, 0.1) is 7.11 Å². The number of carbonyl (C=O) groups is 1. The molecule has 0 radical (unpaired) electrons. The highest BCUT2D eigenvalue weighted by molar-refractivity contribution is 5.93. The van der Waals surface area contributed by atoms with Crippen LogP contribution < -0.4 is 20.5 Å². The number of nitrogens with zero attached hydrogens (tertiary/aromatic N) is 5. The highest BCUT2D eigenvalue weighted by atomic mass is 16.5. The van der Waals surface area contributed by atoms with Crippen LogP contribution in [0.3, 0.4) is 0 Å². The molecular formula is C22H26N6O3. The smallest absolute Gasteiger partial charge is 0.265 e. The topological polar surface area (TPSA) is 102 Å². The number of aromatic nitrogens is 4. The lowest BCUT2D eigenvalue weighted by atomic mass is 10.1. The molecule has 9 heteroatoms. The van der Waals surface area contributed by atoms with Crippen molar-refractivity contribution in [2.24, 2.45) is 0 Å². The first-order valence-electron chi connectivity index (χ1n) is 10.5. The Morgan fingerprint density at radius 1 is 1.16 bits per heavy atom. The average molecular weight is 422 g/mol. The Morgan fingerprint density at radius 2 is 1.90 bits per heavy atom.